The molecule has 0 spiro atoms. The Morgan fingerprint density at radius 3 is 2.64 bits per heavy atom. The van der Waals surface area contributed by atoms with Gasteiger partial charge in [0.05, 0.1) is 0 Å². The number of ether oxygens (including phenoxy) is 1. The fraction of sp³-hybridized carbons (Fsp3) is 0.909. The van der Waals surface area contributed by atoms with Crippen LogP contribution in [0.2, 0.25) is 0 Å². The van der Waals surface area contributed by atoms with Crippen molar-refractivity contribution in [3.05, 3.63) is 0 Å². The minimum Gasteiger partial charge on any atom is -0.374 e. The highest BCUT2D eigenvalue weighted by atomic mass is 16.5. The molecular weight excluding hydrogens is 178 g/mol. The maximum absolute atomic E-state index is 10.9. The Hall–Kier alpha value is -0.410. The number of unbranched alkanes of at least 4 members (excludes halogenated alkanes) is 2. The monoisotopic (exact) mass is 201 g/mol. The number of Topliss-reactive ketones (excluding diaryl/α,β-unsaturated/α-hetero) is 1. The van der Waals surface area contributed by atoms with Crippen molar-refractivity contribution in [1.82, 2.24) is 5.32 Å². The van der Waals surface area contributed by atoms with E-state index in [1.54, 1.807) is 0 Å². The molecule has 0 unspecified atom stereocenters. The van der Waals surface area contributed by atoms with Crippen molar-refractivity contribution in [3.8, 4) is 0 Å². The third-order valence-electron chi connectivity index (χ3n) is 2.05. The molecule has 0 bridgehead atoms. The van der Waals surface area contributed by atoms with Gasteiger partial charge < -0.3 is 10.1 Å². The summed E-state index contributed by atoms with van der Waals surface area (Å²) in [6, 6.07) is 0. The fourth-order valence-electron chi connectivity index (χ4n) is 1.10. The van der Waals surface area contributed by atoms with Crippen LogP contribution in [0.4, 0.5) is 0 Å². The first-order valence-electron chi connectivity index (χ1n) is 5.61. The molecule has 0 fully saturated rings. The lowest BCUT2D eigenvalue weighted by Gasteiger charge is -2.03. The Balaban J connectivity index is 2.95. The first-order chi connectivity index (χ1) is 6.81. The van der Waals surface area contributed by atoms with E-state index in [4.69, 9.17) is 4.74 Å². The molecule has 0 aromatic rings. The molecule has 1 N–H and O–H groups in total. The normalized spacial score (nSPS) is 10.4. The Morgan fingerprint density at radius 2 is 2.00 bits per heavy atom. The zero-order valence-electron chi connectivity index (χ0n) is 9.47. The van der Waals surface area contributed by atoms with Gasteiger partial charge in [-0.15, -0.1) is 0 Å². The van der Waals surface area contributed by atoms with Crippen LogP contribution in [-0.2, 0) is 9.53 Å². The second kappa shape index (κ2) is 10.7. The van der Waals surface area contributed by atoms with E-state index in [1.165, 1.54) is 12.8 Å². The van der Waals surface area contributed by atoms with Gasteiger partial charge in [-0.1, -0.05) is 13.8 Å². The molecule has 0 aliphatic carbocycles. The van der Waals surface area contributed by atoms with Gasteiger partial charge in [0, 0.05) is 13.0 Å². The number of carbonyl (C=O) groups excluding carboxylic acids is 1. The van der Waals surface area contributed by atoms with E-state index in [0.29, 0.717) is 13.0 Å². The van der Waals surface area contributed by atoms with E-state index in [0.717, 1.165) is 26.1 Å². The van der Waals surface area contributed by atoms with Gasteiger partial charge in [-0.25, -0.2) is 0 Å². The molecule has 0 aromatic carbocycles. The van der Waals surface area contributed by atoms with Gasteiger partial charge in [0.1, 0.15) is 6.61 Å². The number of ketones is 1. The molecule has 0 saturated carbocycles. The number of carbonyl (C=O) groups is 1. The first kappa shape index (κ1) is 13.6. The molecule has 0 amide bonds. The van der Waals surface area contributed by atoms with Crippen molar-refractivity contribution in [2.24, 2.45) is 0 Å². The van der Waals surface area contributed by atoms with Crippen LogP contribution in [0.5, 0.6) is 0 Å². The van der Waals surface area contributed by atoms with Crippen molar-refractivity contribution in [2.75, 3.05) is 26.3 Å². The Kier molecular flexibility index (Phi) is 10.4. The van der Waals surface area contributed by atoms with E-state index in [2.05, 4.69) is 12.2 Å². The number of hydrogen-bond acceptors (Lipinski definition) is 3. The SMILES string of the molecule is CCNCCCCCOCC(=O)CC. The summed E-state index contributed by atoms with van der Waals surface area (Å²) in [5.74, 6) is 0.192. The molecule has 3 nitrogen and oxygen atoms in total. The standard InChI is InChI=1S/C11H23NO2/c1-3-11(13)10-14-9-7-5-6-8-12-4-2/h12H,3-10H2,1-2H3. The van der Waals surface area contributed by atoms with Crippen molar-refractivity contribution >= 4 is 5.78 Å². The summed E-state index contributed by atoms with van der Waals surface area (Å²) >= 11 is 0. The Bertz CT molecular complexity index is 137. The smallest absolute Gasteiger partial charge is 0.158 e. The van der Waals surface area contributed by atoms with E-state index in [9.17, 15) is 4.79 Å². The van der Waals surface area contributed by atoms with Gasteiger partial charge in [-0.2, -0.15) is 0 Å². The molecule has 84 valence electrons. The van der Waals surface area contributed by atoms with Gasteiger partial charge in [0.15, 0.2) is 5.78 Å². The predicted octanol–water partition coefficient (Wildman–Crippen LogP) is 1.76. The van der Waals surface area contributed by atoms with E-state index in [1.807, 2.05) is 6.92 Å². The summed E-state index contributed by atoms with van der Waals surface area (Å²) in [5.41, 5.74) is 0. The van der Waals surface area contributed by atoms with Crippen LogP contribution >= 0.6 is 0 Å². The molecule has 0 radical (unpaired) electrons. The molecule has 0 aliphatic heterocycles. The zero-order chi connectivity index (χ0) is 10.6. The van der Waals surface area contributed by atoms with E-state index in [-0.39, 0.29) is 5.78 Å². The van der Waals surface area contributed by atoms with Crippen LogP contribution in [-0.4, -0.2) is 32.1 Å². The minimum atomic E-state index is 0.192. The van der Waals surface area contributed by atoms with Gasteiger partial charge in [0.25, 0.3) is 0 Å². The third kappa shape index (κ3) is 9.68. The van der Waals surface area contributed by atoms with Crippen LogP contribution in [0.1, 0.15) is 39.5 Å². The molecule has 0 aliphatic rings. The van der Waals surface area contributed by atoms with Crippen LogP contribution in [0.25, 0.3) is 0 Å². The molecule has 0 saturated heterocycles. The summed E-state index contributed by atoms with van der Waals surface area (Å²) in [6.45, 7) is 7.12. The number of hydrogen-bond donors (Lipinski definition) is 1. The van der Waals surface area contributed by atoms with Gasteiger partial charge in [-0.3, -0.25) is 4.79 Å². The van der Waals surface area contributed by atoms with Gasteiger partial charge in [-0.05, 0) is 32.4 Å². The topological polar surface area (TPSA) is 38.3 Å². The minimum absolute atomic E-state index is 0.192. The van der Waals surface area contributed by atoms with Crippen LogP contribution in [0, 0.1) is 0 Å². The maximum atomic E-state index is 10.9. The van der Waals surface area contributed by atoms with Crippen molar-refractivity contribution in [3.63, 3.8) is 0 Å². The third-order valence-corrected chi connectivity index (χ3v) is 2.05. The fourth-order valence-corrected chi connectivity index (χ4v) is 1.10. The number of rotatable bonds is 10. The molecule has 3 heteroatoms. The number of nitrogens with one attached hydrogen (secondary N) is 1. The van der Waals surface area contributed by atoms with Crippen LogP contribution in [0.3, 0.4) is 0 Å². The highest BCUT2D eigenvalue weighted by Crippen LogP contribution is 1.95. The largest absolute Gasteiger partial charge is 0.374 e. The average Bonchev–Trinajstić information content (AvgIpc) is 2.21. The Morgan fingerprint density at radius 1 is 1.21 bits per heavy atom. The molecule has 0 atom stereocenters. The van der Waals surface area contributed by atoms with Gasteiger partial charge in [0.2, 0.25) is 0 Å². The molecule has 0 heterocycles. The molecule has 14 heavy (non-hydrogen) atoms. The summed E-state index contributed by atoms with van der Waals surface area (Å²) in [4.78, 5) is 10.9. The molecule has 0 rings (SSSR count). The summed E-state index contributed by atoms with van der Waals surface area (Å²) in [6.07, 6.45) is 4.01. The lowest BCUT2D eigenvalue weighted by Crippen LogP contribution is -2.14. The van der Waals surface area contributed by atoms with Crippen molar-refractivity contribution in [2.45, 2.75) is 39.5 Å². The van der Waals surface area contributed by atoms with E-state index < -0.39 is 0 Å². The van der Waals surface area contributed by atoms with Gasteiger partial charge >= 0.3 is 0 Å². The quantitative estimate of drug-likeness (QED) is 0.547. The van der Waals surface area contributed by atoms with Crippen LogP contribution < -0.4 is 5.32 Å². The van der Waals surface area contributed by atoms with Crippen molar-refractivity contribution < 1.29 is 9.53 Å². The zero-order valence-corrected chi connectivity index (χ0v) is 9.47. The summed E-state index contributed by atoms with van der Waals surface area (Å²) in [7, 11) is 0. The maximum Gasteiger partial charge on any atom is 0.158 e. The average molecular weight is 201 g/mol. The second-order valence-corrected chi connectivity index (χ2v) is 3.36. The van der Waals surface area contributed by atoms with Crippen LogP contribution in [0.15, 0.2) is 0 Å². The lowest BCUT2D eigenvalue weighted by atomic mass is 10.2. The molecular formula is C11H23NO2. The summed E-state index contributed by atoms with van der Waals surface area (Å²) in [5, 5.41) is 3.27. The highest BCUT2D eigenvalue weighted by molar-refractivity contribution is 5.79. The van der Waals surface area contributed by atoms with Crippen molar-refractivity contribution in [1.29, 1.82) is 0 Å². The summed E-state index contributed by atoms with van der Waals surface area (Å²) < 4.78 is 5.22. The predicted molar refractivity (Wildman–Crippen MR) is 58.5 cm³/mol. The second-order valence-electron chi connectivity index (χ2n) is 3.36. The first-order valence-corrected chi connectivity index (χ1v) is 5.61. The Labute approximate surface area is 87.2 Å². The highest BCUT2D eigenvalue weighted by Gasteiger charge is 1.96. The molecule has 0 aromatic heterocycles. The lowest BCUT2D eigenvalue weighted by molar-refractivity contribution is -0.123. The van der Waals surface area contributed by atoms with E-state index >= 15 is 0 Å².